The first-order valence-electron chi connectivity index (χ1n) is 6.55. The molecule has 3 rings (SSSR count). The van der Waals surface area contributed by atoms with Crippen LogP contribution in [0.3, 0.4) is 0 Å². The van der Waals surface area contributed by atoms with E-state index < -0.39 is 16.9 Å². The Kier molecular flexibility index (Phi) is 3.66. The van der Waals surface area contributed by atoms with Crippen molar-refractivity contribution < 1.29 is 13.9 Å². The molecule has 1 aromatic carbocycles. The van der Waals surface area contributed by atoms with E-state index in [2.05, 4.69) is 22.7 Å². The second-order valence-corrected chi connectivity index (χ2v) is 5.41. The highest BCUT2D eigenvalue weighted by atomic mass is 32.1. The van der Waals surface area contributed by atoms with E-state index in [9.17, 15) is 13.9 Å². The molecule has 0 radical (unpaired) electrons. The van der Waals surface area contributed by atoms with Crippen molar-refractivity contribution in [2.24, 2.45) is 0 Å². The van der Waals surface area contributed by atoms with Crippen LogP contribution >= 0.6 is 12.6 Å². The number of aryl methyl sites for hydroxylation is 1. The maximum atomic E-state index is 13.9. The van der Waals surface area contributed by atoms with E-state index in [1.165, 1.54) is 18.2 Å². The van der Waals surface area contributed by atoms with Gasteiger partial charge in [0.2, 0.25) is 5.88 Å². The number of hydrogen-bond acceptors (Lipinski definition) is 5. The Bertz CT molecular complexity index is 964. The van der Waals surface area contributed by atoms with Gasteiger partial charge in [-0.2, -0.15) is 27.5 Å². The van der Waals surface area contributed by atoms with Crippen LogP contribution in [0, 0.1) is 29.9 Å². The summed E-state index contributed by atoms with van der Waals surface area (Å²) in [5.74, 6) is -2.30. The molecule has 0 saturated carbocycles. The number of hydrogen-bond donors (Lipinski definition) is 2. The van der Waals surface area contributed by atoms with Gasteiger partial charge < -0.3 is 5.11 Å². The van der Waals surface area contributed by atoms with Crippen LogP contribution in [0.1, 0.15) is 27.8 Å². The molecule has 0 saturated heterocycles. The molecule has 5 nitrogen and oxygen atoms in total. The van der Waals surface area contributed by atoms with Crippen molar-refractivity contribution in [2.75, 3.05) is 0 Å². The fourth-order valence-electron chi connectivity index (χ4n) is 2.29. The normalized spacial score (nSPS) is 12.3. The van der Waals surface area contributed by atoms with Crippen LogP contribution in [-0.4, -0.2) is 19.7 Å². The summed E-state index contributed by atoms with van der Waals surface area (Å²) in [5, 5.41) is 22.3. The van der Waals surface area contributed by atoms with Gasteiger partial charge in [0.25, 0.3) is 0 Å². The second-order valence-electron chi connectivity index (χ2n) is 4.89. The zero-order valence-corrected chi connectivity index (χ0v) is 12.7. The average Bonchev–Trinajstić information content (AvgIpc) is 2.85. The zero-order chi connectivity index (χ0) is 16.7. The highest BCUT2D eigenvalue weighted by molar-refractivity contribution is 7.80. The summed E-state index contributed by atoms with van der Waals surface area (Å²) in [6.07, 6.45) is 0. The minimum absolute atomic E-state index is 0.0145. The molecule has 0 amide bonds. The molecule has 3 aromatic rings. The Morgan fingerprint density at radius 1 is 1.39 bits per heavy atom. The highest BCUT2D eigenvalue weighted by Crippen LogP contribution is 2.32. The number of benzene rings is 1. The first-order valence-corrected chi connectivity index (χ1v) is 7.07. The first-order chi connectivity index (χ1) is 10.9. The molecular formula is C15H10F2N4OS. The molecule has 2 aromatic heterocycles. The maximum absolute atomic E-state index is 13.9. The van der Waals surface area contributed by atoms with Gasteiger partial charge >= 0.3 is 0 Å². The van der Waals surface area contributed by atoms with E-state index in [0.717, 1.165) is 10.6 Å². The topological polar surface area (TPSA) is 74.2 Å². The van der Waals surface area contributed by atoms with Gasteiger partial charge in [-0.1, -0.05) is 12.1 Å². The van der Waals surface area contributed by atoms with E-state index in [0.29, 0.717) is 5.69 Å². The van der Waals surface area contributed by atoms with Crippen LogP contribution in [0.5, 0.6) is 5.88 Å². The van der Waals surface area contributed by atoms with Crippen molar-refractivity contribution in [1.29, 1.82) is 5.26 Å². The van der Waals surface area contributed by atoms with Crippen molar-refractivity contribution in [3.05, 3.63) is 58.4 Å². The van der Waals surface area contributed by atoms with Gasteiger partial charge in [-0.15, -0.1) is 0 Å². The number of halogens is 2. The first kappa shape index (κ1) is 15.2. The Balaban J connectivity index is 2.20. The molecule has 1 N–H and O–H groups in total. The molecule has 0 fully saturated rings. The predicted molar refractivity (Wildman–Crippen MR) is 81.3 cm³/mol. The molecule has 23 heavy (non-hydrogen) atoms. The van der Waals surface area contributed by atoms with Crippen molar-refractivity contribution in [3.63, 3.8) is 0 Å². The molecule has 8 heteroatoms. The van der Waals surface area contributed by atoms with Gasteiger partial charge in [0.15, 0.2) is 17.3 Å². The fourth-order valence-corrected chi connectivity index (χ4v) is 2.62. The van der Waals surface area contributed by atoms with E-state index in [1.54, 1.807) is 6.92 Å². The van der Waals surface area contributed by atoms with Gasteiger partial charge in [-0.3, -0.25) is 0 Å². The van der Waals surface area contributed by atoms with Crippen molar-refractivity contribution in [2.45, 2.75) is 12.2 Å². The van der Waals surface area contributed by atoms with Gasteiger partial charge in [0, 0.05) is 11.6 Å². The third-order valence-electron chi connectivity index (χ3n) is 3.43. The monoisotopic (exact) mass is 332 g/mol. The summed E-state index contributed by atoms with van der Waals surface area (Å²) in [6.45, 7) is 1.61. The second kappa shape index (κ2) is 5.52. The number of fused-ring (bicyclic) bond motifs is 1. The number of aromatic hydroxyl groups is 1. The molecule has 116 valence electrons. The standard InChI is InChI=1S/C15H10F2N4OS/c1-7-9(6-18)15-19-11(5-12(22)21(15)20-7)14(23)8-3-2-4-10(16)13(8)17/h2-5,14,22-23H,1H3. The molecule has 0 bridgehead atoms. The summed E-state index contributed by atoms with van der Waals surface area (Å²) >= 11 is 4.28. The fraction of sp³-hybridized carbons (Fsp3) is 0.133. The molecule has 0 aliphatic carbocycles. The molecule has 0 spiro atoms. The zero-order valence-electron chi connectivity index (χ0n) is 11.8. The lowest BCUT2D eigenvalue weighted by Crippen LogP contribution is -2.04. The minimum atomic E-state index is -1.03. The third kappa shape index (κ3) is 2.39. The Morgan fingerprint density at radius 3 is 2.83 bits per heavy atom. The summed E-state index contributed by atoms with van der Waals surface area (Å²) in [4.78, 5) is 4.23. The van der Waals surface area contributed by atoms with Crippen LogP contribution in [0.2, 0.25) is 0 Å². The predicted octanol–water partition coefficient (Wildman–Crippen LogP) is 2.91. The van der Waals surface area contributed by atoms with E-state index in [1.807, 2.05) is 6.07 Å². The molecule has 2 heterocycles. The summed E-state index contributed by atoms with van der Waals surface area (Å²) in [7, 11) is 0. The van der Waals surface area contributed by atoms with E-state index in [4.69, 9.17) is 5.26 Å². The van der Waals surface area contributed by atoms with Crippen LogP contribution in [0.25, 0.3) is 5.65 Å². The Hall–Kier alpha value is -2.66. The van der Waals surface area contributed by atoms with Gasteiger partial charge in [-0.25, -0.2) is 13.8 Å². The molecular weight excluding hydrogens is 322 g/mol. The lowest BCUT2D eigenvalue weighted by atomic mass is 10.1. The van der Waals surface area contributed by atoms with E-state index >= 15 is 0 Å². The van der Waals surface area contributed by atoms with Crippen LogP contribution in [0.15, 0.2) is 24.3 Å². The van der Waals surface area contributed by atoms with Crippen molar-refractivity contribution in [1.82, 2.24) is 14.6 Å². The molecule has 1 atom stereocenters. The van der Waals surface area contributed by atoms with Crippen LogP contribution in [0.4, 0.5) is 8.78 Å². The minimum Gasteiger partial charge on any atom is -0.493 e. The largest absolute Gasteiger partial charge is 0.493 e. The van der Waals surface area contributed by atoms with Crippen molar-refractivity contribution >= 4 is 18.3 Å². The molecule has 1 unspecified atom stereocenters. The number of nitriles is 1. The maximum Gasteiger partial charge on any atom is 0.215 e. The molecule has 0 aliphatic heterocycles. The molecule has 0 aliphatic rings. The summed E-state index contributed by atoms with van der Waals surface area (Å²) < 4.78 is 28.4. The number of rotatable bonds is 2. The van der Waals surface area contributed by atoms with Crippen LogP contribution in [-0.2, 0) is 0 Å². The number of aromatic nitrogens is 3. The SMILES string of the molecule is Cc1nn2c(O)cc(C(S)c3cccc(F)c3F)nc2c1C#N. The Labute approximate surface area is 135 Å². The van der Waals surface area contributed by atoms with Gasteiger partial charge in [0.1, 0.15) is 11.6 Å². The lowest BCUT2D eigenvalue weighted by molar-refractivity contribution is 0.433. The van der Waals surface area contributed by atoms with E-state index in [-0.39, 0.29) is 28.3 Å². The summed E-state index contributed by atoms with van der Waals surface area (Å²) in [5.41, 5.74) is 0.900. The summed E-state index contributed by atoms with van der Waals surface area (Å²) in [6, 6.07) is 6.95. The lowest BCUT2D eigenvalue weighted by Gasteiger charge is -2.13. The van der Waals surface area contributed by atoms with Crippen LogP contribution < -0.4 is 0 Å². The third-order valence-corrected chi connectivity index (χ3v) is 3.98. The quantitative estimate of drug-likeness (QED) is 0.708. The highest BCUT2D eigenvalue weighted by Gasteiger charge is 2.21. The number of thiol groups is 1. The van der Waals surface area contributed by atoms with Gasteiger partial charge in [0.05, 0.1) is 16.6 Å². The van der Waals surface area contributed by atoms with Gasteiger partial charge in [-0.05, 0) is 13.0 Å². The average molecular weight is 332 g/mol. The number of nitrogens with zero attached hydrogens (tertiary/aromatic N) is 4. The van der Waals surface area contributed by atoms with Crippen molar-refractivity contribution in [3.8, 4) is 11.9 Å². The smallest absolute Gasteiger partial charge is 0.215 e. The Morgan fingerprint density at radius 2 is 2.13 bits per heavy atom.